The third-order valence-electron chi connectivity index (χ3n) is 7.82. The highest BCUT2D eigenvalue weighted by atomic mass is 35.5. The summed E-state index contributed by atoms with van der Waals surface area (Å²) in [6.45, 7) is 3.34. The van der Waals surface area contributed by atoms with E-state index >= 15 is 0 Å². The molecule has 1 aliphatic rings. The van der Waals surface area contributed by atoms with Gasteiger partial charge < -0.3 is 24.4 Å². The molecule has 0 radical (unpaired) electrons. The fourth-order valence-corrected chi connectivity index (χ4v) is 6.92. The quantitative estimate of drug-likeness (QED) is 0.246. The summed E-state index contributed by atoms with van der Waals surface area (Å²) in [6, 6.07) is 16.8. The normalized spacial score (nSPS) is 14.0. The number of hydrogen-bond donors (Lipinski definition) is 1. The predicted molar refractivity (Wildman–Crippen MR) is 174 cm³/mol. The lowest BCUT2D eigenvalue weighted by Gasteiger charge is -2.32. The maximum absolute atomic E-state index is 14.2. The van der Waals surface area contributed by atoms with Crippen LogP contribution >= 0.6 is 11.6 Å². The first-order valence-corrected chi connectivity index (χ1v) is 16.7. The molecular formula is C33H40ClN3O7S. The van der Waals surface area contributed by atoms with Crippen molar-refractivity contribution in [1.82, 2.24) is 10.2 Å². The van der Waals surface area contributed by atoms with E-state index in [1.54, 1.807) is 55.5 Å². The van der Waals surface area contributed by atoms with Crippen LogP contribution in [0.4, 0.5) is 5.69 Å². The van der Waals surface area contributed by atoms with E-state index in [1.807, 2.05) is 6.92 Å². The smallest absolute Gasteiger partial charge is 0.264 e. The molecule has 4 rings (SSSR count). The molecule has 12 heteroatoms. The largest absolute Gasteiger partial charge is 0.494 e. The van der Waals surface area contributed by atoms with Gasteiger partial charge in [-0.05, 0) is 74.7 Å². The third-order valence-corrected chi connectivity index (χ3v) is 9.96. The minimum atomic E-state index is -4.33. The lowest BCUT2D eigenvalue weighted by molar-refractivity contribution is -0.139. The summed E-state index contributed by atoms with van der Waals surface area (Å²) in [7, 11) is -1.47. The summed E-state index contributed by atoms with van der Waals surface area (Å²) >= 11 is 6.46. The lowest BCUT2D eigenvalue weighted by Crippen LogP contribution is -2.52. The van der Waals surface area contributed by atoms with Crippen molar-refractivity contribution < 1.29 is 32.2 Å². The minimum Gasteiger partial charge on any atom is -0.494 e. The van der Waals surface area contributed by atoms with Gasteiger partial charge >= 0.3 is 0 Å². The number of nitrogens with one attached hydrogen (secondary N) is 1. The maximum atomic E-state index is 14.2. The molecule has 3 aromatic carbocycles. The number of sulfonamides is 1. The van der Waals surface area contributed by atoms with E-state index in [0.717, 1.165) is 30.0 Å². The average molecular weight is 658 g/mol. The van der Waals surface area contributed by atoms with E-state index < -0.39 is 28.5 Å². The molecule has 0 aromatic heterocycles. The molecule has 0 saturated heterocycles. The summed E-state index contributed by atoms with van der Waals surface area (Å²) < 4.78 is 45.7. The van der Waals surface area contributed by atoms with Gasteiger partial charge in [-0.15, -0.1) is 0 Å². The Kier molecular flexibility index (Phi) is 11.6. The Morgan fingerprint density at radius 1 is 0.978 bits per heavy atom. The van der Waals surface area contributed by atoms with E-state index in [4.69, 9.17) is 25.8 Å². The van der Waals surface area contributed by atoms with Crippen LogP contribution in [0.2, 0.25) is 5.02 Å². The Morgan fingerprint density at radius 2 is 1.64 bits per heavy atom. The van der Waals surface area contributed by atoms with Crippen molar-refractivity contribution in [2.24, 2.45) is 0 Å². The molecule has 2 amide bonds. The number of anilines is 1. The maximum Gasteiger partial charge on any atom is 0.264 e. The summed E-state index contributed by atoms with van der Waals surface area (Å²) in [5.41, 5.74) is 0.866. The van der Waals surface area contributed by atoms with Crippen molar-refractivity contribution in [2.75, 3.05) is 31.7 Å². The van der Waals surface area contributed by atoms with Gasteiger partial charge in [0.05, 0.1) is 31.4 Å². The number of ether oxygens (including phenoxy) is 3. The predicted octanol–water partition coefficient (Wildman–Crippen LogP) is 5.43. The number of benzene rings is 3. The van der Waals surface area contributed by atoms with Crippen LogP contribution in [0.25, 0.3) is 0 Å². The molecular weight excluding hydrogens is 618 g/mol. The fraction of sp³-hybridized carbons (Fsp3) is 0.394. The van der Waals surface area contributed by atoms with Crippen molar-refractivity contribution in [2.45, 2.75) is 63.1 Å². The van der Waals surface area contributed by atoms with Crippen LogP contribution in [0.15, 0.2) is 71.6 Å². The van der Waals surface area contributed by atoms with Gasteiger partial charge in [-0.25, -0.2) is 8.42 Å². The first-order valence-electron chi connectivity index (χ1n) is 14.9. The average Bonchev–Trinajstić information content (AvgIpc) is 3.56. The Balaban J connectivity index is 1.73. The second-order valence-electron chi connectivity index (χ2n) is 10.7. The zero-order valence-electron chi connectivity index (χ0n) is 26.0. The SMILES string of the molecule is CCOc1ccc(N(CC(=O)N(Cc2ccccc2Cl)[C@H](C)C(=O)NC2CCCC2)S(=O)(=O)c2ccc(OC)c(OC)c2)cc1. The number of carbonyl (C=O) groups is 2. The lowest BCUT2D eigenvalue weighted by atomic mass is 10.1. The molecule has 3 aromatic rings. The Labute approximate surface area is 270 Å². The van der Waals surface area contributed by atoms with Gasteiger partial charge in [-0.2, -0.15) is 0 Å². The van der Waals surface area contributed by atoms with Gasteiger partial charge in [-0.1, -0.05) is 42.6 Å². The Morgan fingerprint density at radius 3 is 2.27 bits per heavy atom. The molecule has 0 aliphatic heterocycles. The topological polar surface area (TPSA) is 114 Å². The Bertz CT molecular complexity index is 1580. The van der Waals surface area contributed by atoms with E-state index in [9.17, 15) is 18.0 Å². The van der Waals surface area contributed by atoms with Gasteiger partial charge in [0.25, 0.3) is 10.0 Å². The Hall–Kier alpha value is -3.96. The van der Waals surface area contributed by atoms with E-state index in [0.29, 0.717) is 28.7 Å². The molecule has 1 saturated carbocycles. The molecule has 1 fully saturated rings. The number of hydrogen-bond acceptors (Lipinski definition) is 7. The van der Waals surface area contributed by atoms with Gasteiger partial charge in [0.1, 0.15) is 18.3 Å². The van der Waals surface area contributed by atoms with Gasteiger partial charge in [0.15, 0.2) is 11.5 Å². The van der Waals surface area contributed by atoms with E-state index in [2.05, 4.69) is 5.32 Å². The van der Waals surface area contributed by atoms with Crippen molar-refractivity contribution >= 4 is 39.1 Å². The van der Waals surface area contributed by atoms with Crippen LogP contribution in [0.5, 0.6) is 17.2 Å². The van der Waals surface area contributed by atoms with Crippen LogP contribution in [-0.2, 0) is 26.2 Å². The van der Waals surface area contributed by atoms with Gasteiger partial charge in [0.2, 0.25) is 11.8 Å². The fourth-order valence-electron chi connectivity index (χ4n) is 5.29. The second kappa shape index (κ2) is 15.4. The summed E-state index contributed by atoms with van der Waals surface area (Å²) in [5.74, 6) is 0.232. The van der Waals surface area contributed by atoms with Crippen molar-refractivity contribution in [3.05, 3.63) is 77.3 Å². The van der Waals surface area contributed by atoms with Crippen molar-refractivity contribution in [1.29, 1.82) is 0 Å². The molecule has 0 heterocycles. The summed E-state index contributed by atoms with van der Waals surface area (Å²) in [4.78, 5) is 28.9. The molecule has 45 heavy (non-hydrogen) atoms. The number of nitrogens with zero attached hydrogens (tertiary/aromatic N) is 2. The van der Waals surface area contributed by atoms with E-state index in [-0.39, 0.29) is 34.8 Å². The number of halogens is 1. The third kappa shape index (κ3) is 8.20. The zero-order valence-corrected chi connectivity index (χ0v) is 27.6. The highest BCUT2D eigenvalue weighted by Crippen LogP contribution is 2.33. The molecule has 10 nitrogen and oxygen atoms in total. The highest BCUT2D eigenvalue weighted by Gasteiger charge is 2.34. The molecule has 0 bridgehead atoms. The second-order valence-corrected chi connectivity index (χ2v) is 13.0. The molecule has 242 valence electrons. The number of amides is 2. The number of carbonyl (C=O) groups excluding carboxylic acids is 2. The highest BCUT2D eigenvalue weighted by molar-refractivity contribution is 7.92. The van der Waals surface area contributed by atoms with Crippen LogP contribution in [0, 0.1) is 0 Å². The first kappa shape index (κ1) is 33.9. The standard InChI is InChI=1S/C33H40ClN3O7S/c1-5-44-27-16-14-26(15-17-27)37(45(40,41)28-18-19-30(42-3)31(20-28)43-4)22-32(38)36(21-24-10-6-9-13-29(24)34)23(2)33(39)35-25-11-7-8-12-25/h6,9-10,13-20,23,25H,5,7-8,11-12,21-22H2,1-4H3,(H,35,39)/t23-/m1/s1. The number of methoxy groups -OCH3 is 2. The van der Waals surface area contributed by atoms with Crippen LogP contribution < -0.4 is 23.8 Å². The molecule has 0 unspecified atom stereocenters. The summed E-state index contributed by atoms with van der Waals surface area (Å²) in [6.07, 6.45) is 3.83. The molecule has 1 aliphatic carbocycles. The van der Waals surface area contributed by atoms with Gasteiger partial charge in [-0.3, -0.25) is 13.9 Å². The van der Waals surface area contributed by atoms with Crippen LogP contribution in [0.1, 0.15) is 45.1 Å². The molecule has 0 spiro atoms. The van der Waals surface area contributed by atoms with Gasteiger partial charge in [0, 0.05) is 23.7 Å². The summed E-state index contributed by atoms with van der Waals surface area (Å²) in [5, 5.41) is 3.49. The molecule has 1 atom stereocenters. The van der Waals surface area contributed by atoms with Crippen LogP contribution in [0.3, 0.4) is 0 Å². The number of rotatable bonds is 14. The zero-order chi connectivity index (χ0) is 32.6. The molecule has 1 N–H and O–H groups in total. The van der Waals surface area contributed by atoms with Crippen molar-refractivity contribution in [3.63, 3.8) is 0 Å². The monoisotopic (exact) mass is 657 g/mol. The van der Waals surface area contributed by atoms with E-state index in [1.165, 1.54) is 37.3 Å². The minimum absolute atomic E-state index is 0.00524. The van der Waals surface area contributed by atoms with Crippen molar-refractivity contribution in [3.8, 4) is 17.2 Å². The van der Waals surface area contributed by atoms with Crippen LogP contribution in [-0.4, -0.2) is 64.6 Å². The first-order chi connectivity index (χ1) is 21.6.